The van der Waals surface area contributed by atoms with Crippen LogP contribution >= 0.6 is 0 Å². The molecule has 0 radical (unpaired) electrons. The van der Waals surface area contributed by atoms with Gasteiger partial charge in [-0.05, 0) is 30.5 Å². The van der Waals surface area contributed by atoms with Gasteiger partial charge in [-0.15, -0.1) is 0 Å². The Balaban J connectivity index is 3.10. The number of aryl methyl sites for hydroxylation is 2. The van der Waals surface area contributed by atoms with Gasteiger partial charge in [-0.25, -0.2) is 0 Å². The normalized spacial score (nSPS) is 11.8. The van der Waals surface area contributed by atoms with Crippen molar-refractivity contribution in [2.75, 3.05) is 0 Å². The minimum absolute atomic E-state index is 0.643. The van der Waals surface area contributed by atoms with Gasteiger partial charge in [-0.3, -0.25) is 4.98 Å². The van der Waals surface area contributed by atoms with E-state index < -0.39 is 11.9 Å². The maximum atomic E-state index is 12.1. The van der Waals surface area contributed by atoms with Gasteiger partial charge in [0.2, 0.25) is 0 Å². The number of alkyl halides is 3. The van der Waals surface area contributed by atoms with E-state index in [-0.39, 0.29) is 0 Å². The number of hydrogen-bond donors (Lipinski definition) is 0. The molecule has 0 aliphatic rings. The zero-order valence-electron chi connectivity index (χ0n) is 7.44. The van der Waals surface area contributed by atoms with Gasteiger partial charge in [0, 0.05) is 6.20 Å². The van der Waals surface area contributed by atoms with Crippen LogP contribution in [-0.2, 0) is 12.6 Å². The lowest BCUT2D eigenvalue weighted by Gasteiger charge is -2.08. The molecule has 1 aromatic heterocycles. The van der Waals surface area contributed by atoms with Crippen molar-refractivity contribution in [2.45, 2.75) is 26.4 Å². The van der Waals surface area contributed by atoms with Crippen LogP contribution in [0.5, 0.6) is 0 Å². The fourth-order valence-electron chi connectivity index (χ4n) is 1.11. The largest absolute Gasteiger partial charge is 0.433 e. The lowest BCUT2D eigenvalue weighted by molar-refractivity contribution is -0.141. The average Bonchev–Trinajstić information content (AvgIpc) is 2.02. The van der Waals surface area contributed by atoms with E-state index in [4.69, 9.17) is 0 Å². The van der Waals surface area contributed by atoms with Crippen LogP contribution in [0.3, 0.4) is 0 Å². The Bertz CT molecular complexity index is 304. The number of hydrogen-bond acceptors (Lipinski definition) is 1. The molecule has 0 bridgehead atoms. The van der Waals surface area contributed by atoms with Crippen molar-refractivity contribution >= 4 is 0 Å². The van der Waals surface area contributed by atoms with E-state index in [1.165, 1.54) is 6.20 Å². The molecule has 0 aliphatic heterocycles. The summed E-state index contributed by atoms with van der Waals surface area (Å²) >= 11 is 0. The van der Waals surface area contributed by atoms with Crippen molar-refractivity contribution in [2.24, 2.45) is 0 Å². The van der Waals surface area contributed by atoms with Gasteiger partial charge < -0.3 is 0 Å². The predicted octanol–water partition coefficient (Wildman–Crippen LogP) is 2.97. The van der Waals surface area contributed by atoms with E-state index >= 15 is 0 Å². The second-order valence-electron chi connectivity index (χ2n) is 2.85. The molecule has 0 saturated carbocycles. The lowest BCUT2D eigenvalue weighted by Crippen LogP contribution is -2.08. The van der Waals surface area contributed by atoms with Crippen LogP contribution in [0.2, 0.25) is 0 Å². The summed E-state index contributed by atoms with van der Waals surface area (Å²) in [5.41, 5.74) is 0.681. The van der Waals surface area contributed by atoms with Crippen molar-refractivity contribution in [3.63, 3.8) is 0 Å². The molecule has 1 aromatic rings. The van der Waals surface area contributed by atoms with E-state index in [0.29, 0.717) is 12.0 Å². The topological polar surface area (TPSA) is 12.9 Å². The minimum atomic E-state index is -4.34. The summed E-state index contributed by atoms with van der Waals surface area (Å²) in [6.07, 6.45) is -2.34. The van der Waals surface area contributed by atoms with Gasteiger partial charge in [-0.2, -0.15) is 13.2 Å². The maximum absolute atomic E-state index is 12.1. The Kier molecular flexibility index (Phi) is 2.59. The first kappa shape index (κ1) is 10.0. The molecule has 72 valence electrons. The van der Waals surface area contributed by atoms with Gasteiger partial charge in [-0.1, -0.05) is 6.92 Å². The molecule has 0 unspecified atom stereocenters. The third-order valence-corrected chi connectivity index (χ3v) is 1.89. The van der Waals surface area contributed by atoms with Crippen LogP contribution in [0, 0.1) is 6.92 Å². The first-order chi connectivity index (χ1) is 5.95. The second-order valence-corrected chi connectivity index (χ2v) is 2.85. The Labute approximate surface area is 74.6 Å². The first-order valence-electron chi connectivity index (χ1n) is 3.98. The van der Waals surface area contributed by atoms with Crippen molar-refractivity contribution < 1.29 is 13.2 Å². The number of aromatic nitrogens is 1. The quantitative estimate of drug-likeness (QED) is 0.661. The smallest absolute Gasteiger partial charge is 0.251 e. The summed E-state index contributed by atoms with van der Waals surface area (Å²) < 4.78 is 36.4. The molecule has 0 saturated heterocycles. The first-order valence-corrected chi connectivity index (χ1v) is 3.98. The van der Waals surface area contributed by atoms with Gasteiger partial charge in [0.15, 0.2) is 0 Å². The average molecular weight is 189 g/mol. The molecular formula is C9H10F3N. The molecule has 1 rings (SSSR count). The summed E-state index contributed by atoms with van der Waals surface area (Å²) in [6.45, 7) is 3.55. The SMILES string of the molecule is CCc1cnc(C(F)(F)F)cc1C. The Morgan fingerprint density at radius 1 is 1.38 bits per heavy atom. The van der Waals surface area contributed by atoms with Crippen LogP contribution in [0.4, 0.5) is 13.2 Å². The van der Waals surface area contributed by atoms with E-state index in [2.05, 4.69) is 4.98 Å². The molecule has 0 spiro atoms. The third-order valence-electron chi connectivity index (χ3n) is 1.89. The molecule has 0 N–H and O–H groups in total. The molecule has 4 heteroatoms. The number of rotatable bonds is 1. The van der Waals surface area contributed by atoms with Crippen molar-refractivity contribution in [1.82, 2.24) is 4.98 Å². The summed E-state index contributed by atoms with van der Waals surface area (Å²) in [4.78, 5) is 3.36. The van der Waals surface area contributed by atoms with Gasteiger partial charge >= 0.3 is 6.18 Å². The Morgan fingerprint density at radius 2 is 2.00 bits per heavy atom. The molecule has 0 atom stereocenters. The zero-order chi connectivity index (χ0) is 10.1. The van der Waals surface area contributed by atoms with E-state index in [1.54, 1.807) is 6.92 Å². The number of nitrogens with zero attached hydrogens (tertiary/aromatic N) is 1. The van der Waals surface area contributed by atoms with E-state index in [0.717, 1.165) is 11.6 Å². The highest BCUT2D eigenvalue weighted by atomic mass is 19.4. The van der Waals surface area contributed by atoms with Crippen LogP contribution < -0.4 is 0 Å². The molecule has 0 fully saturated rings. The van der Waals surface area contributed by atoms with Crippen LogP contribution in [0.1, 0.15) is 23.7 Å². The molecule has 0 amide bonds. The monoisotopic (exact) mass is 189 g/mol. The molecule has 1 heterocycles. The maximum Gasteiger partial charge on any atom is 0.433 e. The van der Waals surface area contributed by atoms with Gasteiger partial charge in [0.1, 0.15) is 5.69 Å². The molecule has 0 aliphatic carbocycles. The second kappa shape index (κ2) is 3.36. The molecule has 13 heavy (non-hydrogen) atoms. The fourth-order valence-corrected chi connectivity index (χ4v) is 1.11. The zero-order valence-corrected chi connectivity index (χ0v) is 7.44. The van der Waals surface area contributed by atoms with Crippen molar-refractivity contribution in [3.05, 3.63) is 29.1 Å². The predicted molar refractivity (Wildman–Crippen MR) is 43.4 cm³/mol. The van der Waals surface area contributed by atoms with Crippen LogP contribution in [-0.4, -0.2) is 4.98 Å². The van der Waals surface area contributed by atoms with E-state index in [1.807, 2.05) is 6.92 Å². The third kappa shape index (κ3) is 2.20. The van der Waals surface area contributed by atoms with Crippen LogP contribution in [0.25, 0.3) is 0 Å². The molecule has 1 nitrogen and oxygen atoms in total. The summed E-state index contributed by atoms with van der Waals surface area (Å²) in [7, 11) is 0. The highest BCUT2D eigenvalue weighted by Crippen LogP contribution is 2.28. The van der Waals surface area contributed by atoms with Crippen molar-refractivity contribution in [1.29, 1.82) is 0 Å². The Hall–Kier alpha value is -1.06. The summed E-state index contributed by atoms with van der Waals surface area (Å²) in [5.74, 6) is 0. The highest BCUT2D eigenvalue weighted by Gasteiger charge is 2.32. The standard InChI is InChI=1S/C9H10F3N/c1-3-7-5-13-8(4-6(7)2)9(10,11)12/h4-5H,3H2,1-2H3. The van der Waals surface area contributed by atoms with Crippen LogP contribution in [0.15, 0.2) is 12.3 Å². The molecular weight excluding hydrogens is 179 g/mol. The lowest BCUT2D eigenvalue weighted by atomic mass is 10.1. The number of pyridine rings is 1. The number of halogens is 3. The van der Waals surface area contributed by atoms with Crippen molar-refractivity contribution in [3.8, 4) is 0 Å². The minimum Gasteiger partial charge on any atom is -0.251 e. The highest BCUT2D eigenvalue weighted by molar-refractivity contribution is 5.26. The summed E-state index contributed by atoms with van der Waals surface area (Å²) in [5, 5.41) is 0. The van der Waals surface area contributed by atoms with Gasteiger partial charge in [0.25, 0.3) is 0 Å². The Morgan fingerprint density at radius 3 is 2.38 bits per heavy atom. The summed E-state index contributed by atoms with van der Waals surface area (Å²) in [6, 6.07) is 1.08. The van der Waals surface area contributed by atoms with Gasteiger partial charge in [0.05, 0.1) is 0 Å². The molecule has 0 aromatic carbocycles. The van der Waals surface area contributed by atoms with E-state index in [9.17, 15) is 13.2 Å². The fraction of sp³-hybridized carbons (Fsp3) is 0.444.